The second kappa shape index (κ2) is 4.59. The van der Waals surface area contributed by atoms with Gasteiger partial charge in [-0.1, -0.05) is 30.3 Å². The summed E-state index contributed by atoms with van der Waals surface area (Å²) in [5.41, 5.74) is 3.92. The van der Waals surface area contributed by atoms with E-state index in [9.17, 15) is 0 Å². The number of nitrogens with zero attached hydrogens (tertiary/aromatic N) is 2. The maximum Gasteiger partial charge on any atom is 0.0590 e. The predicted octanol–water partition coefficient (Wildman–Crippen LogP) is 3.36. The van der Waals surface area contributed by atoms with Crippen LogP contribution in [0.15, 0.2) is 47.1 Å². The summed E-state index contributed by atoms with van der Waals surface area (Å²) in [5.74, 6) is 0. The minimum Gasteiger partial charge on any atom is -0.289 e. The Morgan fingerprint density at radius 2 is 2.00 bits per heavy atom. The molecule has 0 saturated heterocycles. The minimum absolute atomic E-state index is 0.956. The molecule has 0 spiro atoms. The van der Waals surface area contributed by atoms with Crippen molar-refractivity contribution < 1.29 is 0 Å². The Balaban J connectivity index is 1.74. The van der Waals surface area contributed by atoms with E-state index in [4.69, 9.17) is 0 Å². The summed E-state index contributed by atoms with van der Waals surface area (Å²) in [6.45, 7) is 2.95. The third kappa shape index (κ3) is 2.40. The molecule has 0 fully saturated rings. The Hall–Kier alpha value is -1.19. The highest BCUT2D eigenvalue weighted by Crippen LogP contribution is 2.24. The Kier molecular flexibility index (Phi) is 2.95. The first-order valence-corrected chi connectivity index (χ1v) is 6.50. The van der Waals surface area contributed by atoms with Crippen LogP contribution in [0, 0.1) is 0 Å². The third-order valence-electron chi connectivity index (χ3n) is 3.04. The lowest BCUT2D eigenvalue weighted by Gasteiger charge is -2.14. The van der Waals surface area contributed by atoms with Crippen LogP contribution >= 0.6 is 15.9 Å². The summed E-state index contributed by atoms with van der Waals surface area (Å²) in [6, 6.07) is 12.8. The molecule has 86 valence electrons. The Morgan fingerprint density at radius 1 is 1.18 bits per heavy atom. The Morgan fingerprint density at radius 3 is 2.82 bits per heavy atom. The molecule has 0 amide bonds. The van der Waals surface area contributed by atoms with Crippen LogP contribution in [0.3, 0.4) is 0 Å². The second-order valence-corrected chi connectivity index (χ2v) is 5.31. The predicted molar refractivity (Wildman–Crippen MR) is 71.3 cm³/mol. The van der Waals surface area contributed by atoms with Crippen molar-refractivity contribution in [1.29, 1.82) is 0 Å². The highest BCUT2D eigenvalue weighted by molar-refractivity contribution is 9.10. The van der Waals surface area contributed by atoms with Gasteiger partial charge in [0.1, 0.15) is 0 Å². The smallest absolute Gasteiger partial charge is 0.0590 e. The average Bonchev–Trinajstić information content (AvgIpc) is 2.71. The van der Waals surface area contributed by atoms with Gasteiger partial charge < -0.3 is 0 Å². The molecule has 0 aliphatic carbocycles. The topological polar surface area (TPSA) is 16.1 Å². The van der Waals surface area contributed by atoms with Gasteiger partial charge in [-0.2, -0.15) is 0 Å². The fraction of sp³-hybridized carbons (Fsp3) is 0.214. The van der Waals surface area contributed by atoms with Crippen molar-refractivity contribution in [2.75, 3.05) is 0 Å². The molecule has 0 radical (unpaired) electrons. The molecule has 17 heavy (non-hydrogen) atoms. The van der Waals surface area contributed by atoms with Gasteiger partial charge in [-0.25, -0.2) is 0 Å². The second-order valence-electron chi connectivity index (χ2n) is 4.39. The zero-order valence-corrected chi connectivity index (χ0v) is 11.0. The SMILES string of the molecule is Brc1cnc2c(c1)CN(Cc1ccccc1)C2. The summed E-state index contributed by atoms with van der Waals surface area (Å²) in [4.78, 5) is 6.88. The van der Waals surface area contributed by atoms with E-state index in [-0.39, 0.29) is 0 Å². The number of aromatic nitrogens is 1. The summed E-state index contributed by atoms with van der Waals surface area (Å²) >= 11 is 3.47. The van der Waals surface area contributed by atoms with Crippen molar-refractivity contribution in [3.8, 4) is 0 Å². The van der Waals surface area contributed by atoms with E-state index in [0.717, 1.165) is 24.1 Å². The normalized spacial score (nSPS) is 14.9. The molecule has 0 unspecified atom stereocenters. The number of benzene rings is 1. The highest BCUT2D eigenvalue weighted by Gasteiger charge is 2.20. The zero-order valence-electron chi connectivity index (χ0n) is 9.44. The van der Waals surface area contributed by atoms with Crippen LogP contribution in [0.2, 0.25) is 0 Å². The monoisotopic (exact) mass is 288 g/mol. The standard InChI is InChI=1S/C14H13BrN2/c15-13-6-12-9-17(10-14(12)16-7-13)8-11-4-2-1-3-5-11/h1-7H,8-10H2. The lowest BCUT2D eigenvalue weighted by molar-refractivity contribution is 0.274. The Bertz CT molecular complexity index is 525. The van der Waals surface area contributed by atoms with Crippen LogP contribution in [-0.2, 0) is 19.6 Å². The lowest BCUT2D eigenvalue weighted by atomic mass is 10.2. The molecular weight excluding hydrogens is 276 g/mol. The van der Waals surface area contributed by atoms with Crippen molar-refractivity contribution in [2.24, 2.45) is 0 Å². The minimum atomic E-state index is 0.956. The maximum absolute atomic E-state index is 4.46. The number of pyridine rings is 1. The number of rotatable bonds is 2. The van der Waals surface area contributed by atoms with Crippen molar-refractivity contribution in [3.05, 3.63) is 63.9 Å². The van der Waals surface area contributed by atoms with Crippen molar-refractivity contribution in [2.45, 2.75) is 19.6 Å². The van der Waals surface area contributed by atoms with Gasteiger partial charge in [0.05, 0.1) is 5.69 Å². The van der Waals surface area contributed by atoms with Crippen LogP contribution in [0.5, 0.6) is 0 Å². The fourth-order valence-corrected chi connectivity index (χ4v) is 2.63. The molecule has 2 aromatic rings. The number of halogens is 1. The number of fused-ring (bicyclic) bond motifs is 1. The molecule has 1 aromatic heterocycles. The molecule has 3 heteroatoms. The molecule has 3 rings (SSSR count). The summed E-state index contributed by atoms with van der Waals surface area (Å²) in [7, 11) is 0. The van der Waals surface area contributed by atoms with Crippen molar-refractivity contribution >= 4 is 15.9 Å². The van der Waals surface area contributed by atoms with Gasteiger partial charge in [0.15, 0.2) is 0 Å². The molecule has 1 aliphatic heterocycles. The highest BCUT2D eigenvalue weighted by atomic mass is 79.9. The fourth-order valence-electron chi connectivity index (χ4n) is 2.25. The molecule has 0 saturated carbocycles. The van der Waals surface area contributed by atoms with Gasteiger partial charge in [-0.15, -0.1) is 0 Å². The van der Waals surface area contributed by atoms with Gasteiger partial charge in [-0.3, -0.25) is 9.88 Å². The first kappa shape index (κ1) is 10.9. The number of hydrogen-bond donors (Lipinski definition) is 0. The molecule has 0 N–H and O–H groups in total. The maximum atomic E-state index is 4.46. The molecule has 2 heterocycles. The average molecular weight is 289 g/mol. The molecular formula is C14H13BrN2. The summed E-state index contributed by atoms with van der Waals surface area (Å²) < 4.78 is 1.07. The molecule has 2 nitrogen and oxygen atoms in total. The first-order valence-electron chi connectivity index (χ1n) is 5.71. The van der Waals surface area contributed by atoms with E-state index in [1.165, 1.54) is 16.8 Å². The van der Waals surface area contributed by atoms with Crippen LogP contribution in [-0.4, -0.2) is 9.88 Å². The van der Waals surface area contributed by atoms with Crippen molar-refractivity contribution in [3.63, 3.8) is 0 Å². The molecule has 0 atom stereocenters. The van der Waals surface area contributed by atoms with Gasteiger partial charge in [-0.05, 0) is 33.1 Å². The lowest BCUT2D eigenvalue weighted by Crippen LogP contribution is -2.15. The van der Waals surface area contributed by atoms with E-state index in [1.54, 1.807) is 0 Å². The van der Waals surface area contributed by atoms with Crippen LogP contribution < -0.4 is 0 Å². The van der Waals surface area contributed by atoms with E-state index >= 15 is 0 Å². The molecule has 1 aliphatic rings. The van der Waals surface area contributed by atoms with E-state index in [2.05, 4.69) is 62.2 Å². The molecule has 1 aromatic carbocycles. The quantitative estimate of drug-likeness (QED) is 0.842. The summed E-state index contributed by atoms with van der Waals surface area (Å²) in [5, 5.41) is 0. The van der Waals surface area contributed by atoms with E-state index in [0.29, 0.717) is 0 Å². The van der Waals surface area contributed by atoms with Gasteiger partial charge in [0.2, 0.25) is 0 Å². The van der Waals surface area contributed by atoms with Gasteiger partial charge >= 0.3 is 0 Å². The van der Waals surface area contributed by atoms with Gasteiger partial charge in [0, 0.05) is 30.3 Å². The first-order chi connectivity index (χ1) is 8.31. The zero-order chi connectivity index (χ0) is 11.7. The van der Waals surface area contributed by atoms with E-state index in [1.807, 2.05) is 6.20 Å². The largest absolute Gasteiger partial charge is 0.289 e. The van der Waals surface area contributed by atoms with Gasteiger partial charge in [0.25, 0.3) is 0 Å². The number of hydrogen-bond acceptors (Lipinski definition) is 2. The Labute approximate surface area is 109 Å². The van der Waals surface area contributed by atoms with Crippen LogP contribution in [0.25, 0.3) is 0 Å². The van der Waals surface area contributed by atoms with Crippen molar-refractivity contribution in [1.82, 2.24) is 9.88 Å². The summed E-state index contributed by atoms with van der Waals surface area (Å²) in [6.07, 6.45) is 1.88. The van der Waals surface area contributed by atoms with Crippen LogP contribution in [0.1, 0.15) is 16.8 Å². The third-order valence-corrected chi connectivity index (χ3v) is 3.48. The molecule has 0 bridgehead atoms. The van der Waals surface area contributed by atoms with Crippen LogP contribution in [0.4, 0.5) is 0 Å². The van der Waals surface area contributed by atoms with E-state index < -0.39 is 0 Å².